The molecule has 0 aliphatic rings. The number of rotatable bonds is 16. The maximum atomic E-state index is 9.97. The van der Waals surface area contributed by atoms with E-state index in [2.05, 4.69) is 13.0 Å². The van der Waals surface area contributed by atoms with Crippen LogP contribution < -0.4 is 0 Å². The van der Waals surface area contributed by atoms with Crippen LogP contribution in [0.4, 0.5) is 0 Å². The molecule has 0 spiro atoms. The lowest BCUT2D eigenvalue weighted by Crippen LogP contribution is -2.40. The highest BCUT2D eigenvalue weighted by Crippen LogP contribution is 2.12. The molecular weight excluding hydrogens is 286 g/mol. The molecule has 0 aromatic heterocycles. The van der Waals surface area contributed by atoms with Crippen molar-refractivity contribution < 1.29 is 10.2 Å². The van der Waals surface area contributed by atoms with Crippen molar-refractivity contribution in [1.82, 2.24) is 4.90 Å². The molecule has 0 saturated carbocycles. The van der Waals surface area contributed by atoms with Gasteiger partial charge in [-0.3, -0.25) is 0 Å². The van der Waals surface area contributed by atoms with Crippen molar-refractivity contribution in [1.29, 1.82) is 0 Å². The Kier molecular flexibility index (Phi) is 16.2. The molecule has 3 heteroatoms. The van der Waals surface area contributed by atoms with E-state index in [0.29, 0.717) is 0 Å². The van der Waals surface area contributed by atoms with Gasteiger partial charge in [-0.2, -0.15) is 0 Å². The van der Waals surface area contributed by atoms with Crippen LogP contribution in [0.2, 0.25) is 0 Å². The molecule has 2 atom stereocenters. The van der Waals surface area contributed by atoms with Crippen LogP contribution in [0.5, 0.6) is 0 Å². The van der Waals surface area contributed by atoms with E-state index in [1.807, 2.05) is 25.1 Å². The Labute approximate surface area is 144 Å². The molecule has 0 aromatic rings. The van der Waals surface area contributed by atoms with Crippen molar-refractivity contribution in [2.24, 2.45) is 0 Å². The summed E-state index contributed by atoms with van der Waals surface area (Å²) >= 11 is 0. The Hall–Kier alpha value is -0.380. The number of nitrogens with zero attached hydrogens (tertiary/aromatic N) is 1. The van der Waals surface area contributed by atoms with Gasteiger partial charge in [0.05, 0.1) is 18.8 Å². The summed E-state index contributed by atoms with van der Waals surface area (Å²) < 4.78 is 0. The SMILES string of the molecule is CCCCCCCCCCCCC/C=C\[C@H](O)[C@@H](CO)N(C)C. The molecule has 0 amide bonds. The molecule has 2 N–H and O–H groups in total. The minimum absolute atomic E-state index is 0.0169. The number of aliphatic hydroxyl groups is 2. The minimum atomic E-state index is -0.581. The van der Waals surface area contributed by atoms with Crippen LogP contribution >= 0.6 is 0 Å². The molecular formula is C20H41NO2. The van der Waals surface area contributed by atoms with Crippen molar-refractivity contribution in [3.63, 3.8) is 0 Å². The fraction of sp³-hybridized carbons (Fsp3) is 0.900. The standard InChI is InChI=1S/C20H41NO2/c1-4-5-6-7-8-9-10-11-12-13-14-15-16-17-20(23)19(18-22)21(2)3/h16-17,19-20,22-23H,4-15,18H2,1-3H3/b17-16-/t19-,20+/m1/s1. The number of hydrogen-bond donors (Lipinski definition) is 2. The highest BCUT2D eigenvalue weighted by molar-refractivity contribution is 4.94. The molecule has 0 aromatic carbocycles. The summed E-state index contributed by atoms with van der Waals surface area (Å²) in [5.41, 5.74) is 0. The number of unbranched alkanes of at least 4 members (excludes halogenated alkanes) is 11. The molecule has 138 valence electrons. The molecule has 0 radical (unpaired) electrons. The van der Waals surface area contributed by atoms with Crippen molar-refractivity contribution >= 4 is 0 Å². The number of allylic oxidation sites excluding steroid dienone is 1. The lowest BCUT2D eigenvalue weighted by molar-refractivity contribution is 0.0672. The Balaban J connectivity index is 3.40. The number of likely N-dealkylation sites (N-methyl/N-ethyl adjacent to an activating group) is 1. The summed E-state index contributed by atoms with van der Waals surface area (Å²) in [6.07, 6.45) is 19.3. The normalized spacial score (nSPS) is 14.7. The summed E-state index contributed by atoms with van der Waals surface area (Å²) in [7, 11) is 3.75. The van der Waals surface area contributed by atoms with Gasteiger partial charge in [0.25, 0.3) is 0 Å². The number of aliphatic hydroxyl groups excluding tert-OH is 2. The third-order valence-corrected chi connectivity index (χ3v) is 4.55. The highest BCUT2D eigenvalue weighted by Gasteiger charge is 2.17. The van der Waals surface area contributed by atoms with E-state index in [1.54, 1.807) is 0 Å². The summed E-state index contributed by atoms with van der Waals surface area (Å²) in [4.78, 5) is 1.86. The minimum Gasteiger partial charge on any atom is -0.395 e. The predicted molar refractivity (Wildman–Crippen MR) is 101 cm³/mol. The van der Waals surface area contributed by atoms with E-state index in [4.69, 9.17) is 0 Å². The molecule has 0 rings (SSSR count). The topological polar surface area (TPSA) is 43.7 Å². The molecule has 0 aliphatic carbocycles. The van der Waals surface area contributed by atoms with Gasteiger partial charge in [-0.1, -0.05) is 83.3 Å². The van der Waals surface area contributed by atoms with E-state index in [0.717, 1.165) is 6.42 Å². The average Bonchev–Trinajstić information content (AvgIpc) is 2.52. The molecule has 0 fully saturated rings. The van der Waals surface area contributed by atoms with Crippen molar-refractivity contribution in [2.45, 2.75) is 96.1 Å². The van der Waals surface area contributed by atoms with Crippen molar-refractivity contribution in [3.8, 4) is 0 Å². The van der Waals surface area contributed by atoms with Gasteiger partial charge < -0.3 is 15.1 Å². The van der Waals surface area contributed by atoms with Crippen molar-refractivity contribution in [2.75, 3.05) is 20.7 Å². The van der Waals surface area contributed by atoms with Crippen LogP contribution in [-0.4, -0.2) is 48.0 Å². The van der Waals surface area contributed by atoms with E-state index in [1.165, 1.54) is 70.6 Å². The van der Waals surface area contributed by atoms with Gasteiger partial charge in [-0.05, 0) is 26.9 Å². The second-order valence-corrected chi connectivity index (χ2v) is 6.96. The Bertz CT molecular complexity index is 266. The zero-order valence-corrected chi connectivity index (χ0v) is 15.8. The summed E-state index contributed by atoms with van der Waals surface area (Å²) in [5, 5.41) is 19.2. The zero-order chi connectivity index (χ0) is 17.3. The molecule has 0 saturated heterocycles. The van der Waals surface area contributed by atoms with Crippen LogP contribution in [0.1, 0.15) is 84.0 Å². The molecule has 3 nitrogen and oxygen atoms in total. The van der Waals surface area contributed by atoms with Crippen LogP contribution in [0.3, 0.4) is 0 Å². The monoisotopic (exact) mass is 327 g/mol. The van der Waals surface area contributed by atoms with E-state index in [-0.39, 0.29) is 12.6 Å². The van der Waals surface area contributed by atoms with Crippen LogP contribution in [0.25, 0.3) is 0 Å². The Morgan fingerprint density at radius 3 is 1.74 bits per heavy atom. The van der Waals surface area contributed by atoms with Gasteiger partial charge >= 0.3 is 0 Å². The second-order valence-electron chi connectivity index (χ2n) is 6.96. The van der Waals surface area contributed by atoms with Gasteiger partial charge in [0, 0.05) is 0 Å². The number of hydrogen-bond acceptors (Lipinski definition) is 3. The first kappa shape index (κ1) is 22.6. The summed E-state index contributed by atoms with van der Waals surface area (Å²) in [5.74, 6) is 0. The van der Waals surface area contributed by atoms with Gasteiger partial charge in [-0.25, -0.2) is 0 Å². The Morgan fingerprint density at radius 2 is 1.30 bits per heavy atom. The van der Waals surface area contributed by atoms with E-state index < -0.39 is 6.10 Å². The first-order valence-electron chi connectivity index (χ1n) is 9.75. The highest BCUT2D eigenvalue weighted by atomic mass is 16.3. The smallest absolute Gasteiger partial charge is 0.0898 e. The summed E-state index contributed by atoms with van der Waals surface area (Å²) in [6.45, 7) is 2.25. The van der Waals surface area contributed by atoms with Gasteiger partial charge in [0.2, 0.25) is 0 Å². The van der Waals surface area contributed by atoms with Crippen LogP contribution in [-0.2, 0) is 0 Å². The fourth-order valence-electron chi connectivity index (χ4n) is 2.87. The third kappa shape index (κ3) is 13.7. The largest absolute Gasteiger partial charge is 0.395 e. The van der Waals surface area contributed by atoms with E-state index >= 15 is 0 Å². The third-order valence-electron chi connectivity index (χ3n) is 4.55. The first-order chi connectivity index (χ1) is 11.1. The molecule has 0 unspecified atom stereocenters. The Morgan fingerprint density at radius 1 is 0.826 bits per heavy atom. The van der Waals surface area contributed by atoms with Gasteiger partial charge in [0.1, 0.15) is 0 Å². The predicted octanol–water partition coefficient (Wildman–Crippen LogP) is 4.53. The van der Waals surface area contributed by atoms with Crippen LogP contribution in [0.15, 0.2) is 12.2 Å². The zero-order valence-electron chi connectivity index (χ0n) is 15.8. The first-order valence-corrected chi connectivity index (χ1v) is 9.75. The second kappa shape index (κ2) is 16.5. The van der Waals surface area contributed by atoms with Gasteiger partial charge in [0.15, 0.2) is 0 Å². The average molecular weight is 328 g/mol. The molecule has 0 aliphatic heterocycles. The molecule has 23 heavy (non-hydrogen) atoms. The molecule has 0 bridgehead atoms. The maximum Gasteiger partial charge on any atom is 0.0898 e. The molecule has 0 heterocycles. The maximum absolute atomic E-state index is 9.97. The van der Waals surface area contributed by atoms with Gasteiger partial charge in [-0.15, -0.1) is 0 Å². The lowest BCUT2D eigenvalue weighted by Gasteiger charge is -2.25. The fourth-order valence-corrected chi connectivity index (χ4v) is 2.87. The quantitative estimate of drug-likeness (QED) is 0.323. The van der Waals surface area contributed by atoms with Crippen LogP contribution in [0, 0.1) is 0 Å². The lowest BCUT2D eigenvalue weighted by atomic mass is 10.0. The van der Waals surface area contributed by atoms with E-state index in [9.17, 15) is 10.2 Å². The van der Waals surface area contributed by atoms with Crippen molar-refractivity contribution in [3.05, 3.63) is 12.2 Å². The summed E-state index contributed by atoms with van der Waals surface area (Å²) in [6, 6.07) is -0.205.